The highest BCUT2D eigenvalue weighted by molar-refractivity contribution is 5.66. The molecule has 4 nitrogen and oxygen atoms in total. The summed E-state index contributed by atoms with van der Waals surface area (Å²) in [7, 11) is 2.09. The van der Waals surface area contributed by atoms with Crippen LogP contribution < -0.4 is 0 Å². The highest BCUT2D eigenvalue weighted by atomic mass is 16.4. The Labute approximate surface area is 98.2 Å². The molecule has 1 aliphatic heterocycles. The van der Waals surface area contributed by atoms with Gasteiger partial charge in [0.1, 0.15) is 0 Å². The smallest absolute Gasteiger partial charge is 0.303 e. The van der Waals surface area contributed by atoms with Gasteiger partial charge >= 0.3 is 5.97 Å². The first-order valence-electron chi connectivity index (χ1n) is 6.28. The van der Waals surface area contributed by atoms with Gasteiger partial charge in [0.15, 0.2) is 0 Å². The molecule has 0 aromatic rings. The van der Waals surface area contributed by atoms with E-state index in [2.05, 4.69) is 23.8 Å². The fourth-order valence-corrected chi connectivity index (χ4v) is 2.47. The van der Waals surface area contributed by atoms with Gasteiger partial charge in [-0.1, -0.05) is 6.92 Å². The standard InChI is InChI=1S/C12H24N2O2/c1-3-14-9-4-6-11(14)10-13(2)8-5-7-12(15)16/h11H,3-10H2,1-2H3,(H,15,16)/t11-/m0/s1. The summed E-state index contributed by atoms with van der Waals surface area (Å²) in [6.07, 6.45) is 3.63. The number of carboxylic acid groups (broad SMARTS) is 1. The summed E-state index contributed by atoms with van der Waals surface area (Å²) in [4.78, 5) is 15.2. The Morgan fingerprint density at radius 1 is 1.56 bits per heavy atom. The van der Waals surface area contributed by atoms with Crippen LogP contribution >= 0.6 is 0 Å². The summed E-state index contributed by atoms with van der Waals surface area (Å²) >= 11 is 0. The van der Waals surface area contributed by atoms with Crippen LogP contribution in [-0.4, -0.2) is 60.1 Å². The molecule has 94 valence electrons. The number of hydrogen-bond acceptors (Lipinski definition) is 3. The summed E-state index contributed by atoms with van der Waals surface area (Å²) < 4.78 is 0. The molecule has 1 rings (SSSR count). The molecule has 1 atom stereocenters. The van der Waals surface area contributed by atoms with Gasteiger partial charge in [0, 0.05) is 19.0 Å². The van der Waals surface area contributed by atoms with E-state index in [9.17, 15) is 4.79 Å². The van der Waals surface area contributed by atoms with Crippen LogP contribution in [0, 0.1) is 0 Å². The Bertz CT molecular complexity index is 221. The predicted octanol–water partition coefficient (Wildman–Crippen LogP) is 1.27. The second kappa shape index (κ2) is 6.86. The lowest BCUT2D eigenvalue weighted by atomic mass is 10.2. The molecule has 0 unspecified atom stereocenters. The van der Waals surface area contributed by atoms with Crippen molar-refractivity contribution in [2.24, 2.45) is 0 Å². The predicted molar refractivity (Wildman–Crippen MR) is 64.6 cm³/mol. The lowest BCUT2D eigenvalue weighted by Crippen LogP contribution is -2.39. The van der Waals surface area contributed by atoms with Crippen molar-refractivity contribution in [2.45, 2.75) is 38.6 Å². The molecule has 1 aliphatic rings. The van der Waals surface area contributed by atoms with E-state index in [1.54, 1.807) is 0 Å². The van der Waals surface area contributed by atoms with Crippen LogP contribution in [0.25, 0.3) is 0 Å². The topological polar surface area (TPSA) is 43.8 Å². The summed E-state index contributed by atoms with van der Waals surface area (Å²) in [5.74, 6) is -0.690. The van der Waals surface area contributed by atoms with E-state index in [0.717, 1.165) is 26.1 Å². The molecule has 16 heavy (non-hydrogen) atoms. The van der Waals surface area contributed by atoms with Crippen LogP contribution in [0.15, 0.2) is 0 Å². The molecule has 4 heteroatoms. The first-order valence-corrected chi connectivity index (χ1v) is 6.28. The molecule has 1 fully saturated rings. The molecule has 0 aliphatic carbocycles. The van der Waals surface area contributed by atoms with E-state index in [4.69, 9.17) is 5.11 Å². The molecule has 0 saturated carbocycles. The third kappa shape index (κ3) is 4.49. The van der Waals surface area contributed by atoms with E-state index in [1.807, 2.05) is 0 Å². The number of carboxylic acids is 1. The van der Waals surface area contributed by atoms with E-state index < -0.39 is 5.97 Å². The van der Waals surface area contributed by atoms with Gasteiger partial charge in [0.05, 0.1) is 0 Å². The van der Waals surface area contributed by atoms with Crippen molar-refractivity contribution in [3.63, 3.8) is 0 Å². The maximum absolute atomic E-state index is 10.4. The van der Waals surface area contributed by atoms with Gasteiger partial charge in [0.25, 0.3) is 0 Å². The fourth-order valence-electron chi connectivity index (χ4n) is 2.47. The summed E-state index contributed by atoms with van der Waals surface area (Å²) in [6, 6.07) is 0.680. The van der Waals surface area contributed by atoms with Crippen molar-refractivity contribution in [2.75, 3.05) is 33.2 Å². The van der Waals surface area contributed by atoms with Crippen molar-refractivity contribution >= 4 is 5.97 Å². The van der Waals surface area contributed by atoms with Crippen molar-refractivity contribution < 1.29 is 9.90 Å². The molecule has 0 amide bonds. The van der Waals surface area contributed by atoms with Crippen LogP contribution in [0.3, 0.4) is 0 Å². The van der Waals surface area contributed by atoms with Crippen LogP contribution in [0.5, 0.6) is 0 Å². The average Bonchev–Trinajstić information content (AvgIpc) is 2.64. The maximum atomic E-state index is 10.4. The minimum atomic E-state index is -0.690. The zero-order chi connectivity index (χ0) is 12.0. The molecular formula is C12H24N2O2. The zero-order valence-corrected chi connectivity index (χ0v) is 10.5. The van der Waals surface area contributed by atoms with Gasteiger partial charge in [0.2, 0.25) is 0 Å². The molecule has 1 heterocycles. The Hall–Kier alpha value is -0.610. The van der Waals surface area contributed by atoms with Gasteiger partial charge in [-0.05, 0) is 45.9 Å². The molecule has 1 saturated heterocycles. The molecule has 0 aromatic heterocycles. The van der Waals surface area contributed by atoms with E-state index in [0.29, 0.717) is 6.04 Å². The molecule has 0 bridgehead atoms. The molecule has 0 aromatic carbocycles. The highest BCUT2D eigenvalue weighted by Gasteiger charge is 2.23. The van der Waals surface area contributed by atoms with E-state index in [1.165, 1.54) is 19.4 Å². The number of carbonyl (C=O) groups is 1. The van der Waals surface area contributed by atoms with Crippen molar-refractivity contribution in [1.29, 1.82) is 0 Å². The van der Waals surface area contributed by atoms with Crippen LogP contribution in [-0.2, 0) is 4.79 Å². The van der Waals surface area contributed by atoms with Crippen molar-refractivity contribution in [1.82, 2.24) is 9.80 Å². The minimum Gasteiger partial charge on any atom is -0.481 e. The van der Waals surface area contributed by atoms with Crippen molar-refractivity contribution in [3.8, 4) is 0 Å². The van der Waals surface area contributed by atoms with Gasteiger partial charge in [-0.25, -0.2) is 0 Å². The molecule has 1 N–H and O–H groups in total. The van der Waals surface area contributed by atoms with Gasteiger partial charge in [-0.15, -0.1) is 0 Å². The number of aliphatic carboxylic acids is 1. The minimum absolute atomic E-state index is 0.284. The van der Waals surface area contributed by atoms with Gasteiger partial charge in [-0.3, -0.25) is 9.69 Å². The van der Waals surface area contributed by atoms with E-state index >= 15 is 0 Å². The van der Waals surface area contributed by atoms with E-state index in [-0.39, 0.29) is 6.42 Å². The first kappa shape index (κ1) is 13.5. The normalized spacial score (nSPS) is 21.8. The fraction of sp³-hybridized carbons (Fsp3) is 0.917. The number of hydrogen-bond donors (Lipinski definition) is 1. The third-order valence-electron chi connectivity index (χ3n) is 3.36. The second-order valence-corrected chi connectivity index (χ2v) is 4.68. The first-order chi connectivity index (χ1) is 7.63. The van der Waals surface area contributed by atoms with Crippen LogP contribution in [0.1, 0.15) is 32.6 Å². The maximum Gasteiger partial charge on any atom is 0.303 e. The number of rotatable bonds is 7. The van der Waals surface area contributed by atoms with Crippen LogP contribution in [0.4, 0.5) is 0 Å². The highest BCUT2D eigenvalue weighted by Crippen LogP contribution is 2.17. The second-order valence-electron chi connectivity index (χ2n) is 4.68. The molecule has 0 radical (unpaired) electrons. The van der Waals surface area contributed by atoms with Gasteiger partial charge < -0.3 is 10.0 Å². The number of likely N-dealkylation sites (tertiary alicyclic amines) is 1. The largest absolute Gasteiger partial charge is 0.481 e. The summed E-state index contributed by atoms with van der Waals surface area (Å²) in [5, 5.41) is 8.56. The number of nitrogens with zero attached hydrogens (tertiary/aromatic N) is 2. The lowest BCUT2D eigenvalue weighted by molar-refractivity contribution is -0.137. The molecular weight excluding hydrogens is 204 g/mol. The van der Waals surface area contributed by atoms with Crippen LogP contribution in [0.2, 0.25) is 0 Å². The average molecular weight is 228 g/mol. The zero-order valence-electron chi connectivity index (χ0n) is 10.5. The quantitative estimate of drug-likeness (QED) is 0.712. The Kier molecular flexibility index (Phi) is 5.77. The van der Waals surface area contributed by atoms with Gasteiger partial charge in [-0.2, -0.15) is 0 Å². The summed E-state index contributed by atoms with van der Waals surface area (Å²) in [5.41, 5.74) is 0. The van der Waals surface area contributed by atoms with Crippen molar-refractivity contribution in [3.05, 3.63) is 0 Å². The summed E-state index contributed by atoms with van der Waals surface area (Å²) in [6.45, 7) is 6.54. The number of likely N-dealkylation sites (N-methyl/N-ethyl adjacent to an activating group) is 2. The SMILES string of the molecule is CCN1CCC[C@H]1CN(C)CCCC(=O)O. The Balaban J connectivity index is 2.17. The monoisotopic (exact) mass is 228 g/mol. The molecule has 0 spiro atoms. The Morgan fingerprint density at radius 2 is 2.31 bits per heavy atom. The lowest BCUT2D eigenvalue weighted by Gasteiger charge is -2.27. The third-order valence-corrected chi connectivity index (χ3v) is 3.36. The Morgan fingerprint density at radius 3 is 2.94 bits per heavy atom.